The third-order valence-corrected chi connectivity index (χ3v) is 4.24. The van der Waals surface area contributed by atoms with Crippen molar-refractivity contribution in [1.82, 2.24) is 10.3 Å². The summed E-state index contributed by atoms with van der Waals surface area (Å²) in [6.45, 7) is 5.35. The summed E-state index contributed by atoms with van der Waals surface area (Å²) < 4.78 is 0. The second-order valence-electron chi connectivity index (χ2n) is 4.55. The van der Waals surface area contributed by atoms with E-state index in [1.165, 1.54) is 16.1 Å². The summed E-state index contributed by atoms with van der Waals surface area (Å²) >= 11 is 1.77. The van der Waals surface area contributed by atoms with Gasteiger partial charge in [-0.1, -0.05) is 31.2 Å². The Kier molecular flexibility index (Phi) is 4.50. The van der Waals surface area contributed by atoms with E-state index in [-0.39, 0.29) is 0 Å². The van der Waals surface area contributed by atoms with Crippen LogP contribution in [0.5, 0.6) is 0 Å². The molecule has 2 rings (SSSR count). The van der Waals surface area contributed by atoms with E-state index in [9.17, 15) is 0 Å². The van der Waals surface area contributed by atoms with Crippen LogP contribution in [-0.2, 0) is 0 Å². The number of hydrogen-bond donors (Lipinski definition) is 1. The van der Waals surface area contributed by atoms with Gasteiger partial charge in [0.05, 0.1) is 10.7 Å². The zero-order chi connectivity index (χ0) is 13.0. The van der Waals surface area contributed by atoms with Crippen molar-refractivity contribution in [2.45, 2.75) is 26.2 Å². The van der Waals surface area contributed by atoms with Crippen LogP contribution in [0.1, 0.15) is 29.8 Å². The van der Waals surface area contributed by atoms with E-state index in [1.807, 2.05) is 7.05 Å². The van der Waals surface area contributed by atoms with Gasteiger partial charge >= 0.3 is 0 Å². The molecule has 0 fully saturated rings. The van der Waals surface area contributed by atoms with E-state index < -0.39 is 0 Å². The van der Waals surface area contributed by atoms with Crippen molar-refractivity contribution in [2.75, 3.05) is 13.6 Å². The Hall–Kier alpha value is -1.19. The molecule has 1 aromatic heterocycles. The van der Waals surface area contributed by atoms with Crippen LogP contribution >= 0.6 is 11.3 Å². The maximum absolute atomic E-state index is 4.81. The molecule has 0 aliphatic rings. The van der Waals surface area contributed by atoms with E-state index in [0.29, 0.717) is 5.92 Å². The van der Waals surface area contributed by atoms with E-state index in [2.05, 4.69) is 48.8 Å². The number of likely N-dealkylation sites (N-methyl/N-ethyl adjacent to an activating group) is 1. The summed E-state index contributed by atoms with van der Waals surface area (Å²) in [5, 5.41) is 6.66. The number of aromatic nitrogens is 1. The molecule has 0 aliphatic heterocycles. The Balaban J connectivity index is 2.28. The highest BCUT2D eigenvalue weighted by Gasteiger charge is 2.14. The van der Waals surface area contributed by atoms with Crippen LogP contribution in [0, 0.1) is 6.92 Å². The Morgan fingerprint density at radius 1 is 1.33 bits per heavy atom. The molecule has 0 saturated heterocycles. The third-order valence-electron chi connectivity index (χ3n) is 3.24. The number of aryl methyl sites for hydroxylation is 1. The van der Waals surface area contributed by atoms with Crippen LogP contribution in [0.4, 0.5) is 0 Å². The molecule has 0 radical (unpaired) electrons. The van der Waals surface area contributed by atoms with Crippen LogP contribution in [-0.4, -0.2) is 18.6 Å². The molecule has 1 aromatic carbocycles. The van der Waals surface area contributed by atoms with E-state index in [1.54, 1.807) is 11.3 Å². The molecular formula is C15H20N2S. The lowest BCUT2D eigenvalue weighted by Gasteiger charge is -2.10. The second kappa shape index (κ2) is 6.12. The molecular weight excluding hydrogens is 240 g/mol. The van der Waals surface area contributed by atoms with E-state index in [0.717, 1.165) is 18.7 Å². The van der Waals surface area contributed by atoms with E-state index >= 15 is 0 Å². The average molecular weight is 260 g/mol. The van der Waals surface area contributed by atoms with Gasteiger partial charge in [0, 0.05) is 23.4 Å². The fourth-order valence-corrected chi connectivity index (χ4v) is 3.12. The average Bonchev–Trinajstić information content (AvgIpc) is 2.85. The topological polar surface area (TPSA) is 24.9 Å². The zero-order valence-electron chi connectivity index (χ0n) is 11.2. The molecule has 0 amide bonds. The van der Waals surface area contributed by atoms with Crippen molar-refractivity contribution in [3.05, 3.63) is 40.2 Å². The first-order valence-corrected chi connectivity index (χ1v) is 7.30. The van der Waals surface area contributed by atoms with Gasteiger partial charge in [0.25, 0.3) is 0 Å². The molecule has 0 saturated carbocycles. The molecule has 1 heterocycles. The number of rotatable bonds is 5. The Bertz CT molecular complexity index is 505. The lowest BCUT2D eigenvalue weighted by atomic mass is 10.1. The van der Waals surface area contributed by atoms with Gasteiger partial charge in [0.2, 0.25) is 0 Å². The highest BCUT2D eigenvalue weighted by molar-refractivity contribution is 7.10. The quantitative estimate of drug-likeness (QED) is 0.883. The van der Waals surface area contributed by atoms with Gasteiger partial charge in [-0.15, -0.1) is 11.3 Å². The minimum atomic E-state index is 0.526. The number of nitrogens with zero attached hydrogens (tertiary/aromatic N) is 1. The first kappa shape index (κ1) is 13.2. The fourth-order valence-electron chi connectivity index (χ4n) is 2.11. The van der Waals surface area contributed by atoms with Gasteiger partial charge in [-0.3, -0.25) is 0 Å². The number of hydrogen-bond acceptors (Lipinski definition) is 3. The van der Waals surface area contributed by atoms with Crippen molar-refractivity contribution in [3.8, 4) is 11.3 Å². The molecule has 96 valence electrons. The lowest BCUT2D eigenvalue weighted by Crippen LogP contribution is -2.16. The molecule has 0 bridgehead atoms. The van der Waals surface area contributed by atoms with Crippen molar-refractivity contribution in [3.63, 3.8) is 0 Å². The highest BCUT2D eigenvalue weighted by Crippen LogP contribution is 2.29. The van der Waals surface area contributed by atoms with Gasteiger partial charge in [0.1, 0.15) is 0 Å². The van der Waals surface area contributed by atoms with E-state index in [4.69, 9.17) is 4.98 Å². The van der Waals surface area contributed by atoms with Gasteiger partial charge < -0.3 is 5.32 Å². The summed E-state index contributed by atoms with van der Waals surface area (Å²) in [6.07, 6.45) is 1.13. The molecule has 2 aromatic rings. The lowest BCUT2D eigenvalue weighted by molar-refractivity contribution is 0.609. The Labute approximate surface area is 113 Å². The van der Waals surface area contributed by atoms with Crippen LogP contribution in [0.2, 0.25) is 0 Å². The van der Waals surface area contributed by atoms with Crippen LogP contribution in [0.25, 0.3) is 11.3 Å². The van der Waals surface area contributed by atoms with Gasteiger partial charge in [-0.25, -0.2) is 4.98 Å². The predicted molar refractivity (Wildman–Crippen MR) is 79.2 cm³/mol. The van der Waals surface area contributed by atoms with Crippen molar-refractivity contribution >= 4 is 11.3 Å². The molecule has 1 N–H and O–H groups in total. The SMILES string of the molecule is CCC(CNC)c1nc(-c2ccccc2C)cs1. The standard InChI is InChI=1S/C15H20N2S/c1-4-12(9-16-3)15-17-14(10-18-15)13-8-6-5-7-11(13)2/h5-8,10,12,16H,4,9H2,1-3H3. The molecule has 0 spiro atoms. The molecule has 0 aliphatic carbocycles. The number of thiazole rings is 1. The fraction of sp³-hybridized carbons (Fsp3) is 0.400. The smallest absolute Gasteiger partial charge is 0.0976 e. The maximum Gasteiger partial charge on any atom is 0.0976 e. The second-order valence-corrected chi connectivity index (χ2v) is 5.44. The minimum absolute atomic E-state index is 0.526. The summed E-state index contributed by atoms with van der Waals surface area (Å²) in [7, 11) is 2.00. The Morgan fingerprint density at radius 3 is 2.78 bits per heavy atom. The maximum atomic E-state index is 4.81. The molecule has 3 heteroatoms. The highest BCUT2D eigenvalue weighted by atomic mass is 32.1. The van der Waals surface area contributed by atoms with Crippen molar-refractivity contribution in [2.24, 2.45) is 0 Å². The Morgan fingerprint density at radius 2 is 2.11 bits per heavy atom. The summed E-state index contributed by atoms with van der Waals surface area (Å²) in [6, 6.07) is 8.43. The molecule has 2 nitrogen and oxygen atoms in total. The van der Waals surface area contributed by atoms with Gasteiger partial charge in [-0.05, 0) is 26.0 Å². The van der Waals surface area contributed by atoms with Crippen molar-refractivity contribution < 1.29 is 0 Å². The summed E-state index contributed by atoms with van der Waals surface area (Å²) in [4.78, 5) is 4.81. The normalized spacial score (nSPS) is 12.6. The summed E-state index contributed by atoms with van der Waals surface area (Å²) in [5.74, 6) is 0.526. The van der Waals surface area contributed by atoms with Gasteiger partial charge in [0.15, 0.2) is 0 Å². The van der Waals surface area contributed by atoms with Crippen LogP contribution in [0.3, 0.4) is 0 Å². The van der Waals surface area contributed by atoms with Crippen molar-refractivity contribution in [1.29, 1.82) is 0 Å². The van der Waals surface area contributed by atoms with Crippen LogP contribution in [0.15, 0.2) is 29.6 Å². The minimum Gasteiger partial charge on any atom is -0.319 e. The van der Waals surface area contributed by atoms with Gasteiger partial charge in [-0.2, -0.15) is 0 Å². The molecule has 1 unspecified atom stereocenters. The molecule has 1 atom stereocenters. The predicted octanol–water partition coefficient (Wildman–Crippen LogP) is 3.83. The summed E-state index contributed by atoms with van der Waals surface area (Å²) in [5.41, 5.74) is 3.65. The first-order valence-electron chi connectivity index (χ1n) is 6.42. The molecule has 18 heavy (non-hydrogen) atoms. The first-order chi connectivity index (χ1) is 8.76. The largest absolute Gasteiger partial charge is 0.319 e. The number of benzene rings is 1. The van der Waals surface area contributed by atoms with Crippen LogP contribution < -0.4 is 5.32 Å². The zero-order valence-corrected chi connectivity index (χ0v) is 12.1. The number of nitrogens with one attached hydrogen (secondary N) is 1. The monoisotopic (exact) mass is 260 g/mol. The third kappa shape index (κ3) is 2.79.